The molecule has 0 fully saturated rings. The third-order valence-corrected chi connectivity index (χ3v) is 3.54. The van der Waals surface area contributed by atoms with Gasteiger partial charge in [-0.3, -0.25) is 0 Å². The highest BCUT2D eigenvalue weighted by atomic mass is 16.4. The fourth-order valence-corrected chi connectivity index (χ4v) is 2.59. The highest BCUT2D eigenvalue weighted by Gasteiger charge is 2.24. The van der Waals surface area contributed by atoms with Crippen molar-refractivity contribution >= 4 is 22.7 Å². The summed E-state index contributed by atoms with van der Waals surface area (Å²) in [6.07, 6.45) is -2.15. The molecule has 0 radical (unpaired) electrons. The first-order valence-electron chi connectivity index (χ1n) is 6.67. The van der Waals surface area contributed by atoms with Crippen LogP contribution in [0.3, 0.4) is 0 Å². The van der Waals surface area contributed by atoms with Gasteiger partial charge in [0.2, 0.25) is 0 Å². The molecule has 2 atom stereocenters. The van der Waals surface area contributed by atoms with E-state index in [1.807, 2.05) is 0 Å². The zero-order chi connectivity index (χ0) is 16.6. The molecule has 0 aliphatic rings. The summed E-state index contributed by atoms with van der Waals surface area (Å²) in [5.41, 5.74) is 0.195. The number of carbonyl (C=O) groups is 2. The average Bonchev–Trinajstić information content (AvgIpc) is 2.43. The van der Waals surface area contributed by atoms with Crippen molar-refractivity contribution in [3.63, 3.8) is 0 Å². The summed E-state index contributed by atoms with van der Waals surface area (Å²) in [5, 5.41) is 39.2. The molecule has 6 nitrogen and oxygen atoms in total. The van der Waals surface area contributed by atoms with Crippen LogP contribution in [0.15, 0.2) is 24.3 Å². The van der Waals surface area contributed by atoms with E-state index in [1.54, 1.807) is 0 Å². The molecular formula is C16H16O6. The number of carboxylic acid groups (broad SMARTS) is 2. The van der Waals surface area contributed by atoms with E-state index in [4.69, 9.17) is 5.11 Å². The van der Waals surface area contributed by atoms with Crippen LogP contribution in [0.2, 0.25) is 0 Å². The third-order valence-electron chi connectivity index (χ3n) is 3.54. The van der Waals surface area contributed by atoms with Crippen LogP contribution in [0.4, 0.5) is 0 Å². The standard InChI is InChI=1S/C16H16O6/c1-7(17)12-6-10-5-9(15(19)20)3-4-11(10)13(8(2)18)14(12)16(21)22/h3-8,17-18H,1-2H3,(H,19,20)(H,21,22). The monoisotopic (exact) mass is 304 g/mol. The van der Waals surface area contributed by atoms with Crippen molar-refractivity contribution in [2.24, 2.45) is 0 Å². The summed E-state index contributed by atoms with van der Waals surface area (Å²) >= 11 is 0. The van der Waals surface area contributed by atoms with Gasteiger partial charge in [0, 0.05) is 5.56 Å². The first kappa shape index (κ1) is 15.9. The SMILES string of the molecule is CC(O)c1cc2cc(C(=O)O)ccc2c(C(C)O)c1C(=O)O. The predicted molar refractivity (Wildman–Crippen MR) is 79.1 cm³/mol. The van der Waals surface area contributed by atoms with Crippen molar-refractivity contribution in [3.05, 3.63) is 46.5 Å². The van der Waals surface area contributed by atoms with Crippen molar-refractivity contribution in [1.82, 2.24) is 0 Å². The molecular weight excluding hydrogens is 288 g/mol. The van der Waals surface area contributed by atoms with Crippen LogP contribution in [0, 0.1) is 0 Å². The number of rotatable bonds is 4. The Hall–Kier alpha value is -2.44. The molecule has 2 aromatic rings. The van der Waals surface area contributed by atoms with Gasteiger partial charge in [0.05, 0.1) is 23.3 Å². The smallest absolute Gasteiger partial charge is 0.336 e. The highest BCUT2D eigenvalue weighted by molar-refractivity contribution is 6.02. The minimum atomic E-state index is -1.25. The van der Waals surface area contributed by atoms with Crippen molar-refractivity contribution in [2.75, 3.05) is 0 Å². The zero-order valence-electron chi connectivity index (χ0n) is 12.1. The van der Waals surface area contributed by atoms with Gasteiger partial charge < -0.3 is 20.4 Å². The Kier molecular flexibility index (Phi) is 4.16. The van der Waals surface area contributed by atoms with Gasteiger partial charge >= 0.3 is 11.9 Å². The normalized spacial score (nSPS) is 13.8. The zero-order valence-corrected chi connectivity index (χ0v) is 12.1. The van der Waals surface area contributed by atoms with Gasteiger partial charge in [-0.2, -0.15) is 0 Å². The Bertz CT molecular complexity index is 761. The maximum Gasteiger partial charge on any atom is 0.336 e. The van der Waals surface area contributed by atoms with Crippen LogP contribution in [-0.4, -0.2) is 32.4 Å². The van der Waals surface area contributed by atoms with Gasteiger partial charge in [-0.15, -0.1) is 0 Å². The van der Waals surface area contributed by atoms with Crippen molar-refractivity contribution in [1.29, 1.82) is 0 Å². The summed E-state index contributed by atoms with van der Waals surface area (Å²) in [4.78, 5) is 22.6. The summed E-state index contributed by atoms with van der Waals surface area (Å²) in [7, 11) is 0. The molecule has 116 valence electrons. The number of aliphatic hydroxyl groups is 2. The molecule has 4 N–H and O–H groups in total. The van der Waals surface area contributed by atoms with Gasteiger partial charge in [-0.05, 0) is 48.4 Å². The molecule has 6 heteroatoms. The van der Waals surface area contributed by atoms with E-state index in [0.717, 1.165) is 0 Å². The third kappa shape index (κ3) is 2.66. The molecule has 0 heterocycles. The Morgan fingerprint density at radius 2 is 1.59 bits per heavy atom. The number of carboxylic acids is 2. The Morgan fingerprint density at radius 3 is 2.05 bits per heavy atom. The first-order valence-corrected chi connectivity index (χ1v) is 6.67. The molecule has 0 amide bonds. The second-order valence-corrected chi connectivity index (χ2v) is 5.15. The van der Waals surface area contributed by atoms with Gasteiger partial charge in [0.15, 0.2) is 0 Å². The predicted octanol–water partition coefficient (Wildman–Crippen LogP) is 2.34. The minimum absolute atomic E-state index is 0.0451. The molecule has 2 aromatic carbocycles. The number of aromatic carboxylic acids is 2. The first-order chi connectivity index (χ1) is 10.2. The molecule has 2 rings (SSSR count). The largest absolute Gasteiger partial charge is 0.478 e. The maximum absolute atomic E-state index is 11.6. The van der Waals surface area contributed by atoms with Gasteiger partial charge in [0.25, 0.3) is 0 Å². The fourth-order valence-electron chi connectivity index (χ4n) is 2.59. The summed E-state index contributed by atoms with van der Waals surface area (Å²) in [5.74, 6) is -2.36. The lowest BCUT2D eigenvalue weighted by atomic mass is 9.89. The molecule has 0 spiro atoms. The number of fused-ring (bicyclic) bond motifs is 1. The van der Waals surface area contributed by atoms with E-state index in [9.17, 15) is 24.9 Å². The molecule has 0 aliphatic carbocycles. The van der Waals surface area contributed by atoms with Crippen LogP contribution in [0.5, 0.6) is 0 Å². The van der Waals surface area contributed by atoms with E-state index in [2.05, 4.69) is 0 Å². The van der Waals surface area contributed by atoms with Crippen molar-refractivity contribution < 1.29 is 30.0 Å². The maximum atomic E-state index is 11.6. The van der Waals surface area contributed by atoms with E-state index < -0.39 is 24.1 Å². The van der Waals surface area contributed by atoms with Crippen LogP contribution < -0.4 is 0 Å². The summed E-state index contributed by atoms with van der Waals surface area (Å²) < 4.78 is 0. The molecule has 0 aliphatic heterocycles. The Labute approximate surface area is 126 Å². The molecule has 22 heavy (non-hydrogen) atoms. The van der Waals surface area contributed by atoms with Gasteiger partial charge in [-0.1, -0.05) is 6.07 Å². The number of hydrogen-bond acceptors (Lipinski definition) is 4. The number of benzene rings is 2. The van der Waals surface area contributed by atoms with Gasteiger partial charge in [0.1, 0.15) is 0 Å². The number of hydrogen-bond donors (Lipinski definition) is 4. The molecule has 0 saturated carbocycles. The number of aliphatic hydroxyl groups excluding tert-OH is 2. The van der Waals surface area contributed by atoms with Crippen molar-refractivity contribution in [3.8, 4) is 0 Å². The quantitative estimate of drug-likeness (QED) is 0.689. The van der Waals surface area contributed by atoms with E-state index in [-0.39, 0.29) is 22.3 Å². The summed E-state index contributed by atoms with van der Waals surface area (Å²) in [6, 6.07) is 5.66. The van der Waals surface area contributed by atoms with Gasteiger partial charge in [-0.25, -0.2) is 9.59 Å². The highest BCUT2D eigenvalue weighted by Crippen LogP contribution is 2.34. The molecule has 0 bridgehead atoms. The lowest BCUT2D eigenvalue weighted by molar-refractivity contribution is 0.0677. The van der Waals surface area contributed by atoms with Crippen LogP contribution in [-0.2, 0) is 0 Å². The van der Waals surface area contributed by atoms with E-state index >= 15 is 0 Å². The fraction of sp³-hybridized carbons (Fsp3) is 0.250. The lowest BCUT2D eigenvalue weighted by Gasteiger charge is -2.19. The van der Waals surface area contributed by atoms with Crippen molar-refractivity contribution in [2.45, 2.75) is 26.1 Å². The molecule has 2 unspecified atom stereocenters. The minimum Gasteiger partial charge on any atom is -0.478 e. The average molecular weight is 304 g/mol. The Balaban J connectivity index is 2.95. The topological polar surface area (TPSA) is 115 Å². The van der Waals surface area contributed by atoms with Crippen LogP contribution >= 0.6 is 0 Å². The Morgan fingerprint density at radius 1 is 0.955 bits per heavy atom. The van der Waals surface area contributed by atoms with Crippen LogP contribution in [0.25, 0.3) is 10.8 Å². The second-order valence-electron chi connectivity index (χ2n) is 5.15. The van der Waals surface area contributed by atoms with E-state index in [1.165, 1.54) is 38.1 Å². The van der Waals surface area contributed by atoms with E-state index in [0.29, 0.717) is 10.8 Å². The molecule has 0 saturated heterocycles. The summed E-state index contributed by atoms with van der Waals surface area (Å²) in [6.45, 7) is 2.85. The molecule has 0 aromatic heterocycles. The second kappa shape index (κ2) is 5.75. The van der Waals surface area contributed by atoms with Crippen LogP contribution in [0.1, 0.15) is 57.9 Å². The lowest BCUT2D eigenvalue weighted by Crippen LogP contribution is -2.12.